The summed E-state index contributed by atoms with van der Waals surface area (Å²) in [5.74, 6) is -0.236. The molecule has 1 aliphatic rings. The maximum Gasteiger partial charge on any atom is 0.237 e. The number of carbonyl (C=O) groups is 1. The van der Waals surface area contributed by atoms with E-state index in [0.29, 0.717) is 6.42 Å². The molecule has 22 heavy (non-hydrogen) atoms. The van der Waals surface area contributed by atoms with E-state index in [1.54, 1.807) is 11.9 Å². The predicted molar refractivity (Wildman–Crippen MR) is 86.6 cm³/mol. The monoisotopic (exact) mass is 290 g/mol. The molecule has 2 aromatic carbocycles. The second-order valence-corrected chi connectivity index (χ2v) is 6.01. The van der Waals surface area contributed by atoms with Gasteiger partial charge in [-0.1, -0.05) is 48.5 Å². The summed E-state index contributed by atoms with van der Waals surface area (Å²) in [7, 11) is 1.80. The number of amides is 1. The molecule has 2 atom stereocenters. The maximum absolute atomic E-state index is 12.8. The van der Waals surface area contributed by atoms with Gasteiger partial charge < -0.3 is 4.90 Å². The molecule has 3 rings (SSSR count). The molecule has 1 heterocycles. The smallest absolute Gasteiger partial charge is 0.237 e. The van der Waals surface area contributed by atoms with Crippen LogP contribution in [0.15, 0.2) is 54.6 Å². The highest BCUT2D eigenvalue weighted by Crippen LogP contribution is 2.45. The van der Waals surface area contributed by atoms with Crippen LogP contribution in [-0.2, 0) is 10.2 Å². The van der Waals surface area contributed by atoms with Crippen LogP contribution >= 0.6 is 0 Å². The first-order valence-corrected chi connectivity index (χ1v) is 7.40. The molecule has 3 heteroatoms. The van der Waals surface area contributed by atoms with E-state index in [-0.39, 0.29) is 11.8 Å². The van der Waals surface area contributed by atoms with Gasteiger partial charge in [0.1, 0.15) is 0 Å². The lowest BCUT2D eigenvalue weighted by atomic mass is 9.75. The largest absolute Gasteiger partial charge is 0.314 e. The van der Waals surface area contributed by atoms with E-state index in [0.717, 1.165) is 16.8 Å². The fourth-order valence-electron chi connectivity index (χ4n) is 3.36. The standard InChI is InChI=1S/C19H18N2O/c1-19(12-15(13-20)14-8-4-3-5-9-14)16-10-6-7-11-17(16)21(2)18(19)22/h3-11,15H,12H2,1-2H3. The van der Waals surface area contributed by atoms with Crippen molar-refractivity contribution in [1.29, 1.82) is 5.26 Å². The molecule has 2 aromatic rings. The van der Waals surface area contributed by atoms with Gasteiger partial charge in [0.2, 0.25) is 5.91 Å². The molecule has 0 saturated heterocycles. The van der Waals surface area contributed by atoms with Gasteiger partial charge in [0, 0.05) is 12.7 Å². The molecule has 1 aliphatic heterocycles. The predicted octanol–water partition coefficient (Wildman–Crippen LogP) is 3.62. The normalized spacial score (nSPS) is 21.3. The van der Waals surface area contributed by atoms with Crippen LogP contribution in [0.25, 0.3) is 0 Å². The summed E-state index contributed by atoms with van der Waals surface area (Å²) >= 11 is 0. The minimum absolute atomic E-state index is 0.0601. The molecule has 0 radical (unpaired) electrons. The number of nitriles is 1. The van der Waals surface area contributed by atoms with Crippen molar-refractivity contribution in [3.05, 3.63) is 65.7 Å². The Morgan fingerprint density at radius 2 is 1.77 bits per heavy atom. The fourth-order valence-corrected chi connectivity index (χ4v) is 3.36. The van der Waals surface area contributed by atoms with Crippen LogP contribution in [0.1, 0.15) is 30.4 Å². The second kappa shape index (κ2) is 5.31. The van der Waals surface area contributed by atoms with Crippen molar-refractivity contribution in [2.75, 3.05) is 11.9 Å². The molecule has 0 aromatic heterocycles. The van der Waals surface area contributed by atoms with Gasteiger partial charge in [-0.05, 0) is 30.5 Å². The van der Waals surface area contributed by atoms with E-state index in [9.17, 15) is 10.1 Å². The second-order valence-electron chi connectivity index (χ2n) is 6.01. The summed E-state index contributed by atoms with van der Waals surface area (Å²) in [6.45, 7) is 1.95. The lowest BCUT2D eigenvalue weighted by Gasteiger charge is -2.26. The van der Waals surface area contributed by atoms with Crippen LogP contribution in [0.4, 0.5) is 5.69 Å². The summed E-state index contributed by atoms with van der Waals surface area (Å²) in [5.41, 5.74) is 2.27. The van der Waals surface area contributed by atoms with Gasteiger partial charge in [-0.2, -0.15) is 5.26 Å². The van der Waals surface area contributed by atoms with Crippen LogP contribution in [-0.4, -0.2) is 13.0 Å². The molecular formula is C19H18N2O. The maximum atomic E-state index is 12.8. The quantitative estimate of drug-likeness (QED) is 0.866. The van der Waals surface area contributed by atoms with E-state index in [2.05, 4.69) is 6.07 Å². The average Bonchev–Trinajstić information content (AvgIpc) is 2.76. The Kier molecular flexibility index (Phi) is 3.46. The van der Waals surface area contributed by atoms with Crippen molar-refractivity contribution in [3.63, 3.8) is 0 Å². The van der Waals surface area contributed by atoms with Gasteiger partial charge in [-0.15, -0.1) is 0 Å². The number of rotatable bonds is 3. The Labute approximate surface area is 130 Å². The number of hydrogen-bond acceptors (Lipinski definition) is 2. The van der Waals surface area contributed by atoms with Crippen molar-refractivity contribution in [3.8, 4) is 6.07 Å². The molecule has 0 saturated carbocycles. The first-order chi connectivity index (χ1) is 10.6. The fraction of sp³-hybridized carbons (Fsp3) is 0.263. The minimum Gasteiger partial charge on any atom is -0.314 e. The number of likely N-dealkylation sites (N-methyl/N-ethyl adjacent to an activating group) is 1. The molecule has 3 nitrogen and oxygen atoms in total. The van der Waals surface area contributed by atoms with Crippen LogP contribution in [0, 0.1) is 11.3 Å². The lowest BCUT2D eigenvalue weighted by Crippen LogP contribution is -2.37. The SMILES string of the molecule is CN1C(=O)C(C)(CC(C#N)c2ccccc2)c2ccccc21. The van der Waals surface area contributed by atoms with Crippen LogP contribution in [0.3, 0.4) is 0 Å². The summed E-state index contributed by atoms with van der Waals surface area (Å²) in [6, 6.07) is 19.9. The third-order valence-electron chi connectivity index (χ3n) is 4.61. The molecule has 0 aliphatic carbocycles. The van der Waals surface area contributed by atoms with Gasteiger partial charge in [-0.3, -0.25) is 4.79 Å². The summed E-state index contributed by atoms with van der Waals surface area (Å²) in [4.78, 5) is 14.5. The molecule has 0 N–H and O–H groups in total. The molecule has 2 unspecified atom stereocenters. The van der Waals surface area contributed by atoms with Gasteiger partial charge in [0.25, 0.3) is 0 Å². The summed E-state index contributed by atoms with van der Waals surface area (Å²) < 4.78 is 0. The highest BCUT2D eigenvalue weighted by Gasteiger charge is 2.47. The zero-order valence-electron chi connectivity index (χ0n) is 12.8. The minimum atomic E-state index is -0.651. The third kappa shape index (κ3) is 2.08. The lowest BCUT2D eigenvalue weighted by molar-refractivity contribution is -0.122. The third-order valence-corrected chi connectivity index (χ3v) is 4.61. The van der Waals surface area contributed by atoms with E-state index in [1.165, 1.54) is 0 Å². The van der Waals surface area contributed by atoms with E-state index >= 15 is 0 Å². The molecule has 1 amide bonds. The average molecular weight is 290 g/mol. The van der Waals surface area contributed by atoms with Gasteiger partial charge >= 0.3 is 0 Å². The molecule has 0 fully saturated rings. The van der Waals surface area contributed by atoms with Crippen molar-refractivity contribution < 1.29 is 4.79 Å². The highest BCUT2D eigenvalue weighted by molar-refractivity contribution is 6.07. The Bertz CT molecular complexity index is 748. The number of fused-ring (bicyclic) bond motifs is 1. The summed E-state index contributed by atoms with van der Waals surface area (Å²) in [6.07, 6.45) is 0.494. The first-order valence-electron chi connectivity index (χ1n) is 7.40. The zero-order valence-corrected chi connectivity index (χ0v) is 12.8. The molecule has 0 bridgehead atoms. The Hall–Kier alpha value is -2.60. The number of para-hydroxylation sites is 1. The number of benzene rings is 2. The van der Waals surface area contributed by atoms with Gasteiger partial charge in [0.15, 0.2) is 0 Å². The number of carbonyl (C=O) groups excluding carboxylic acids is 1. The number of anilines is 1. The Morgan fingerprint density at radius 3 is 2.45 bits per heavy atom. The number of hydrogen-bond donors (Lipinski definition) is 0. The number of nitrogens with zero attached hydrogens (tertiary/aromatic N) is 2. The zero-order chi connectivity index (χ0) is 15.7. The first kappa shape index (κ1) is 14.3. The molecule has 0 spiro atoms. The van der Waals surface area contributed by atoms with Crippen molar-refractivity contribution in [2.24, 2.45) is 0 Å². The van der Waals surface area contributed by atoms with E-state index in [1.807, 2.05) is 61.5 Å². The van der Waals surface area contributed by atoms with E-state index in [4.69, 9.17) is 0 Å². The van der Waals surface area contributed by atoms with Crippen LogP contribution in [0.5, 0.6) is 0 Å². The topological polar surface area (TPSA) is 44.1 Å². The van der Waals surface area contributed by atoms with Crippen LogP contribution < -0.4 is 4.90 Å². The molecular weight excluding hydrogens is 272 g/mol. The Balaban J connectivity index is 2.01. The highest BCUT2D eigenvalue weighted by atomic mass is 16.2. The van der Waals surface area contributed by atoms with Crippen molar-refractivity contribution >= 4 is 11.6 Å². The summed E-state index contributed by atoms with van der Waals surface area (Å²) in [5, 5.41) is 9.58. The van der Waals surface area contributed by atoms with Crippen molar-refractivity contribution in [1.82, 2.24) is 0 Å². The Morgan fingerprint density at radius 1 is 1.14 bits per heavy atom. The van der Waals surface area contributed by atoms with Crippen LogP contribution in [0.2, 0.25) is 0 Å². The van der Waals surface area contributed by atoms with Gasteiger partial charge in [-0.25, -0.2) is 0 Å². The van der Waals surface area contributed by atoms with E-state index < -0.39 is 5.41 Å². The molecule has 110 valence electrons. The van der Waals surface area contributed by atoms with Gasteiger partial charge in [0.05, 0.1) is 17.4 Å². The van der Waals surface area contributed by atoms with Crippen molar-refractivity contribution in [2.45, 2.75) is 24.7 Å².